The maximum Gasteiger partial charge on any atom is 0.272 e. The topological polar surface area (TPSA) is 88.6 Å². The Bertz CT molecular complexity index is 1400. The van der Waals surface area contributed by atoms with E-state index in [1.165, 1.54) is 67.8 Å². The Morgan fingerprint density at radius 2 is 2.03 bits per heavy atom. The van der Waals surface area contributed by atoms with Crippen LogP contribution < -0.4 is 5.32 Å². The predicted molar refractivity (Wildman–Crippen MR) is 133 cm³/mol. The van der Waals surface area contributed by atoms with E-state index in [-0.39, 0.29) is 12.6 Å². The predicted octanol–water partition coefficient (Wildman–Crippen LogP) is 5.40. The van der Waals surface area contributed by atoms with Gasteiger partial charge in [0.15, 0.2) is 0 Å². The minimum absolute atomic E-state index is 0. The highest BCUT2D eigenvalue weighted by Gasteiger charge is 2.46. The molecule has 2 aliphatic rings. The van der Waals surface area contributed by atoms with Gasteiger partial charge in [-0.05, 0) is 69.0 Å². The summed E-state index contributed by atoms with van der Waals surface area (Å²) < 4.78 is 33.0. The molecule has 10 heteroatoms. The Morgan fingerprint density at radius 1 is 1.22 bits per heavy atom. The number of amides is 1. The van der Waals surface area contributed by atoms with Crippen LogP contribution in [-0.2, 0) is 5.92 Å². The number of fused-ring (bicyclic) bond motifs is 1. The Labute approximate surface area is 208 Å². The van der Waals surface area contributed by atoms with Gasteiger partial charge in [0.2, 0.25) is 12.2 Å². The number of likely N-dealkylation sites (tertiary alicyclic amines) is 1. The molecule has 1 N–H and O–H groups in total. The number of nitrogens with zero attached hydrogens (tertiary/aromatic N) is 5. The van der Waals surface area contributed by atoms with E-state index in [2.05, 4.69) is 32.5 Å². The summed E-state index contributed by atoms with van der Waals surface area (Å²) in [4.78, 5) is 19.2. The fourth-order valence-corrected chi connectivity index (χ4v) is 4.55. The maximum atomic E-state index is 13.5. The second kappa shape index (κ2) is 9.09. The molecule has 190 valence electrons. The average Bonchev–Trinajstić information content (AvgIpc) is 3.21. The second-order valence-electron chi connectivity index (χ2n) is 9.92. The van der Waals surface area contributed by atoms with Gasteiger partial charge in [-0.1, -0.05) is 17.3 Å². The number of hydrogen-bond donors (Lipinski definition) is 1. The number of hydrogen-bond acceptors (Lipinski definition) is 6. The normalized spacial score (nSPS) is 16.7. The van der Waals surface area contributed by atoms with Crippen LogP contribution in [0.3, 0.4) is 0 Å². The van der Waals surface area contributed by atoms with Crippen LogP contribution >= 0.6 is 0 Å². The van der Waals surface area contributed by atoms with Crippen molar-refractivity contribution < 1.29 is 19.5 Å². The molecule has 0 unspecified atom stereocenters. The summed E-state index contributed by atoms with van der Waals surface area (Å²) in [6.07, 6.45) is 8.29. The standard InChI is InChI=1S/C19H15F2N5O2.C7H13N.H2/c1-11-3-4-12(17-22-10-28-25-17)7-15(11)24-18(27)14-8-23-26-9-13(19(2,20)21)5-6-16(14)26;1-8-5-4-7(6-8)2-3-7;/h3-10H,1-2H3,(H,24,27);2-6H2,1H3;1H. The molecule has 0 atom stereocenters. The Hall–Kier alpha value is -3.66. The van der Waals surface area contributed by atoms with Crippen molar-refractivity contribution >= 4 is 17.1 Å². The number of pyridine rings is 1. The molecule has 2 fully saturated rings. The number of rotatable bonds is 4. The zero-order valence-corrected chi connectivity index (χ0v) is 20.5. The van der Waals surface area contributed by atoms with Gasteiger partial charge in [0, 0.05) is 37.9 Å². The van der Waals surface area contributed by atoms with Gasteiger partial charge >= 0.3 is 0 Å². The van der Waals surface area contributed by atoms with Crippen LogP contribution in [0, 0.1) is 12.3 Å². The van der Waals surface area contributed by atoms with Crippen LogP contribution in [0.5, 0.6) is 0 Å². The molecule has 1 spiro atoms. The molecular weight excluding hydrogens is 466 g/mol. The summed E-state index contributed by atoms with van der Waals surface area (Å²) in [5.74, 6) is -2.99. The van der Waals surface area contributed by atoms with Crippen molar-refractivity contribution in [2.24, 2.45) is 5.41 Å². The van der Waals surface area contributed by atoms with Crippen molar-refractivity contribution in [3.63, 3.8) is 0 Å². The molecule has 6 rings (SSSR count). The first-order valence-corrected chi connectivity index (χ1v) is 11.9. The minimum atomic E-state index is -2.99. The van der Waals surface area contributed by atoms with Gasteiger partial charge in [0.25, 0.3) is 11.8 Å². The fraction of sp³-hybridized carbons (Fsp3) is 0.385. The molecule has 1 aliphatic heterocycles. The molecule has 8 nitrogen and oxygen atoms in total. The minimum Gasteiger partial charge on any atom is -0.342 e. The fourth-order valence-electron chi connectivity index (χ4n) is 4.55. The maximum absolute atomic E-state index is 13.5. The molecule has 1 amide bonds. The van der Waals surface area contributed by atoms with Crippen LogP contribution in [0.15, 0.2) is 53.6 Å². The lowest BCUT2D eigenvalue weighted by atomic mass is 10.1. The monoisotopic (exact) mass is 496 g/mol. The van der Waals surface area contributed by atoms with Gasteiger partial charge in [-0.25, -0.2) is 13.3 Å². The van der Waals surface area contributed by atoms with E-state index in [0.29, 0.717) is 22.6 Å². The lowest BCUT2D eigenvalue weighted by Crippen LogP contribution is -2.14. The van der Waals surface area contributed by atoms with Crippen molar-refractivity contribution in [3.8, 4) is 11.4 Å². The van der Waals surface area contributed by atoms with E-state index in [1.54, 1.807) is 6.07 Å². The zero-order chi connectivity index (χ0) is 25.5. The largest absolute Gasteiger partial charge is 0.342 e. The number of halogens is 2. The molecule has 1 saturated heterocycles. The molecule has 1 aliphatic carbocycles. The molecule has 1 saturated carbocycles. The van der Waals surface area contributed by atoms with Gasteiger partial charge in [-0.15, -0.1) is 0 Å². The number of alkyl halides is 2. The number of aryl methyl sites for hydroxylation is 1. The van der Waals surface area contributed by atoms with Gasteiger partial charge < -0.3 is 14.7 Å². The molecule has 0 radical (unpaired) electrons. The Morgan fingerprint density at radius 3 is 2.64 bits per heavy atom. The van der Waals surface area contributed by atoms with Gasteiger partial charge in [-0.3, -0.25) is 4.79 Å². The van der Waals surface area contributed by atoms with E-state index in [9.17, 15) is 13.6 Å². The van der Waals surface area contributed by atoms with Crippen molar-refractivity contribution in [1.82, 2.24) is 24.7 Å². The van der Waals surface area contributed by atoms with Crippen molar-refractivity contribution in [3.05, 3.63) is 65.8 Å². The van der Waals surface area contributed by atoms with Crippen LogP contribution in [0.1, 0.15) is 49.1 Å². The first kappa shape index (κ1) is 24.1. The summed E-state index contributed by atoms with van der Waals surface area (Å²) >= 11 is 0. The lowest BCUT2D eigenvalue weighted by molar-refractivity contribution is 0.0170. The van der Waals surface area contributed by atoms with E-state index in [1.807, 2.05) is 19.1 Å². The smallest absolute Gasteiger partial charge is 0.272 e. The molecule has 36 heavy (non-hydrogen) atoms. The number of benzene rings is 1. The van der Waals surface area contributed by atoms with E-state index in [4.69, 9.17) is 4.52 Å². The van der Waals surface area contributed by atoms with Crippen molar-refractivity contribution in [2.45, 2.75) is 39.0 Å². The van der Waals surface area contributed by atoms with Crippen LogP contribution in [0.2, 0.25) is 0 Å². The average molecular weight is 497 g/mol. The first-order chi connectivity index (χ1) is 17.1. The van der Waals surface area contributed by atoms with E-state index >= 15 is 0 Å². The molecule has 3 aromatic heterocycles. The van der Waals surface area contributed by atoms with Gasteiger partial charge in [0.1, 0.15) is 0 Å². The Kier molecular flexibility index (Phi) is 6.07. The van der Waals surface area contributed by atoms with Crippen LogP contribution in [-0.4, -0.2) is 50.7 Å². The van der Waals surface area contributed by atoms with Gasteiger partial charge in [0.05, 0.1) is 17.3 Å². The third-order valence-corrected chi connectivity index (χ3v) is 6.96. The molecule has 1 aromatic carbocycles. The number of carbonyl (C=O) groups is 1. The quantitative estimate of drug-likeness (QED) is 0.407. The number of aromatic nitrogens is 4. The van der Waals surface area contributed by atoms with Gasteiger partial charge in [-0.2, -0.15) is 10.1 Å². The molecular formula is C26H30F2N6O2. The summed E-state index contributed by atoms with van der Waals surface area (Å²) in [6.45, 7) is 5.39. The summed E-state index contributed by atoms with van der Waals surface area (Å²) in [5, 5.41) is 10.6. The second-order valence-corrected chi connectivity index (χ2v) is 9.92. The molecule has 4 aromatic rings. The highest BCUT2D eigenvalue weighted by molar-refractivity contribution is 6.09. The highest BCUT2D eigenvalue weighted by atomic mass is 19.3. The Balaban J connectivity index is 0.000000300. The zero-order valence-electron chi connectivity index (χ0n) is 20.5. The number of anilines is 1. The van der Waals surface area contributed by atoms with E-state index < -0.39 is 11.8 Å². The number of nitrogens with one attached hydrogen (secondary N) is 1. The summed E-state index contributed by atoms with van der Waals surface area (Å²) in [6, 6.07) is 8.12. The molecule has 0 bridgehead atoms. The van der Waals surface area contributed by atoms with Crippen molar-refractivity contribution in [1.29, 1.82) is 0 Å². The summed E-state index contributed by atoms with van der Waals surface area (Å²) in [5.41, 5.74) is 3.46. The first-order valence-electron chi connectivity index (χ1n) is 11.9. The molecule has 4 heterocycles. The third-order valence-electron chi connectivity index (χ3n) is 6.96. The summed E-state index contributed by atoms with van der Waals surface area (Å²) in [7, 11) is 2.23. The van der Waals surface area contributed by atoms with Crippen LogP contribution in [0.4, 0.5) is 14.5 Å². The van der Waals surface area contributed by atoms with Crippen LogP contribution in [0.25, 0.3) is 16.9 Å². The van der Waals surface area contributed by atoms with Crippen molar-refractivity contribution in [2.75, 3.05) is 25.5 Å². The number of carbonyl (C=O) groups excluding carboxylic acids is 1. The van der Waals surface area contributed by atoms with E-state index in [0.717, 1.165) is 17.9 Å². The lowest BCUT2D eigenvalue weighted by Gasteiger charge is -2.11. The highest BCUT2D eigenvalue weighted by Crippen LogP contribution is 2.52. The SMILES string of the molecule is CN1CCC2(CC2)C1.Cc1ccc(-c2ncon2)cc1NC(=O)c1cnn2cc(C(C)(F)F)ccc12.[HH]. The third kappa shape index (κ3) is 4.99.